The minimum atomic E-state index is -0.234. The molecule has 4 heteroatoms. The van der Waals surface area contributed by atoms with Gasteiger partial charge in [0, 0.05) is 11.8 Å². The molecule has 3 rings (SSSR count). The summed E-state index contributed by atoms with van der Waals surface area (Å²) in [7, 11) is 0. The van der Waals surface area contributed by atoms with Gasteiger partial charge in [-0.05, 0) is 23.8 Å². The first-order valence-corrected chi connectivity index (χ1v) is 5.70. The summed E-state index contributed by atoms with van der Waals surface area (Å²) in [6.07, 6.45) is 3.72. The summed E-state index contributed by atoms with van der Waals surface area (Å²) in [6, 6.07) is 10.4. The van der Waals surface area contributed by atoms with E-state index in [4.69, 9.17) is 5.73 Å². The maximum Gasteiger partial charge on any atom is 0.127 e. The summed E-state index contributed by atoms with van der Waals surface area (Å²) < 4.78 is 14.9. The fourth-order valence-electron chi connectivity index (χ4n) is 2.10. The molecule has 18 heavy (non-hydrogen) atoms. The van der Waals surface area contributed by atoms with Gasteiger partial charge in [-0.2, -0.15) is 0 Å². The normalized spacial score (nSPS) is 11.0. The lowest BCUT2D eigenvalue weighted by molar-refractivity contribution is 0.628. The monoisotopic (exact) mass is 241 g/mol. The van der Waals surface area contributed by atoms with E-state index >= 15 is 0 Å². The van der Waals surface area contributed by atoms with Gasteiger partial charge in [-0.3, -0.25) is 0 Å². The molecule has 0 saturated heterocycles. The van der Waals surface area contributed by atoms with Gasteiger partial charge in [0.05, 0.1) is 18.3 Å². The average Bonchev–Trinajstić information content (AvgIpc) is 2.82. The summed E-state index contributed by atoms with van der Waals surface area (Å²) in [5.41, 5.74) is 8.59. The van der Waals surface area contributed by atoms with Crippen molar-refractivity contribution in [3.8, 4) is 11.1 Å². The molecule has 2 aromatic heterocycles. The fourth-order valence-corrected chi connectivity index (χ4v) is 2.10. The minimum Gasteiger partial charge on any atom is -0.324 e. The highest BCUT2D eigenvalue weighted by Gasteiger charge is 2.07. The maximum atomic E-state index is 12.9. The first-order valence-electron chi connectivity index (χ1n) is 5.70. The third kappa shape index (κ3) is 1.67. The number of rotatable bonds is 2. The average molecular weight is 241 g/mol. The number of nitrogens with zero attached hydrogens (tertiary/aromatic N) is 2. The number of fused-ring (bicyclic) bond motifs is 1. The molecule has 1 aromatic carbocycles. The third-order valence-electron chi connectivity index (χ3n) is 2.99. The van der Waals surface area contributed by atoms with Crippen molar-refractivity contribution >= 4 is 5.52 Å². The number of aromatic nitrogens is 2. The van der Waals surface area contributed by atoms with Crippen LogP contribution in [0.15, 0.2) is 48.8 Å². The van der Waals surface area contributed by atoms with E-state index in [0.717, 1.165) is 22.5 Å². The van der Waals surface area contributed by atoms with Crippen molar-refractivity contribution in [3.05, 3.63) is 60.4 Å². The van der Waals surface area contributed by atoms with Crippen LogP contribution in [0, 0.1) is 5.82 Å². The van der Waals surface area contributed by atoms with E-state index in [2.05, 4.69) is 4.98 Å². The van der Waals surface area contributed by atoms with E-state index in [1.807, 2.05) is 22.7 Å². The van der Waals surface area contributed by atoms with E-state index in [-0.39, 0.29) is 5.82 Å². The summed E-state index contributed by atoms with van der Waals surface area (Å²) in [5.74, 6) is 0.579. The van der Waals surface area contributed by atoms with Crippen LogP contribution in [-0.4, -0.2) is 9.38 Å². The second-order valence-electron chi connectivity index (χ2n) is 4.06. The zero-order valence-corrected chi connectivity index (χ0v) is 9.68. The molecule has 0 fully saturated rings. The topological polar surface area (TPSA) is 43.3 Å². The number of pyridine rings is 1. The Morgan fingerprint density at radius 2 is 1.94 bits per heavy atom. The predicted octanol–water partition coefficient (Wildman–Crippen LogP) is 2.60. The Hall–Kier alpha value is -2.20. The highest BCUT2D eigenvalue weighted by atomic mass is 19.1. The van der Waals surface area contributed by atoms with Crippen LogP contribution in [0.2, 0.25) is 0 Å². The summed E-state index contributed by atoms with van der Waals surface area (Å²) in [5, 5.41) is 0. The molecular weight excluding hydrogens is 229 g/mol. The Kier molecular flexibility index (Phi) is 2.57. The van der Waals surface area contributed by atoms with Gasteiger partial charge in [0.2, 0.25) is 0 Å². The molecule has 2 heterocycles. The summed E-state index contributed by atoms with van der Waals surface area (Å²) >= 11 is 0. The molecule has 0 atom stereocenters. The molecule has 0 spiro atoms. The highest BCUT2D eigenvalue weighted by Crippen LogP contribution is 2.25. The second-order valence-corrected chi connectivity index (χ2v) is 4.06. The van der Waals surface area contributed by atoms with Crippen LogP contribution >= 0.6 is 0 Å². The van der Waals surface area contributed by atoms with Crippen LogP contribution in [0.3, 0.4) is 0 Å². The van der Waals surface area contributed by atoms with Crippen molar-refractivity contribution in [2.45, 2.75) is 6.54 Å². The molecule has 0 radical (unpaired) electrons. The lowest BCUT2D eigenvalue weighted by atomic mass is 10.1. The zero-order chi connectivity index (χ0) is 12.5. The van der Waals surface area contributed by atoms with Gasteiger partial charge in [-0.1, -0.05) is 18.2 Å². The number of nitrogens with two attached hydrogens (primary N) is 1. The van der Waals surface area contributed by atoms with Crippen molar-refractivity contribution < 1.29 is 4.39 Å². The SMILES string of the molecule is NCc1ncc2c(-c3ccc(F)cc3)cccn12. The van der Waals surface area contributed by atoms with Crippen LogP contribution in [0.4, 0.5) is 4.39 Å². The van der Waals surface area contributed by atoms with Crippen LogP contribution in [-0.2, 0) is 6.54 Å². The van der Waals surface area contributed by atoms with Crippen LogP contribution in [0.1, 0.15) is 5.82 Å². The van der Waals surface area contributed by atoms with Gasteiger partial charge in [-0.25, -0.2) is 9.37 Å². The van der Waals surface area contributed by atoms with E-state index in [1.165, 1.54) is 12.1 Å². The van der Waals surface area contributed by atoms with Crippen LogP contribution in [0.25, 0.3) is 16.6 Å². The summed E-state index contributed by atoms with van der Waals surface area (Å²) in [4.78, 5) is 4.28. The van der Waals surface area contributed by atoms with E-state index in [0.29, 0.717) is 6.54 Å². The summed E-state index contributed by atoms with van der Waals surface area (Å²) in [6.45, 7) is 0.390. The van der Waals surface area contributed by atoms with E-state index < -0.39 is 0 Å². The fraction of sp³-hybridized carbons (Fsp3) is 0.0714. The largest absolute Gasteiger partial charge is 0.324 e. The van der Waals surface area contributed by atoms with Gasteiger partial charge in [0.15, 0.2) is 0 Å². The quantitative estimate of drug-likeness (QED) is 0.749. The first kappa shape index (κ1) is 10.9. The van der Waals surface area contributed by atoms with E-state index in [1.54, 1.807) is 18.3 Å². The van der Waals surface area contributed by atoms with Gasteiger partial charge in [0.25, 0.3) is 0 Å². The van der Waals surface area contributed by atoms with Crippen molar-refractivity contribution in [1.29, 1.82) is 0 Å². The zero-order valence-electron chi connectivity index (χ0n) is 9.68. The number of hydrogen-bond donors (Lipinski definition) is 1. The lowest BCUT2D eigenvalue weighted by Crippen LogP contribution is -2.02. The van der Waals surface area contributed by atoms with Gasteiger partial charge in [0.1, 0.15) is 11.6 Å². The Labute approximate surface area is 104 Å². The predicted molar refractivity (Wildman–Crippen MR) is 68.5 cm³/mol. The first-order chi connectivity index (χ1) is 8.79. The number of hydrogen-bond acceptors (Lipinski definition) is 2. The van der Waals surface area contributed by atoms with Gasteiger partial charge < -0.3 is 10.1 Å². The smallest absolute Gasteiger partial charge is 0.127 e. The minimum absolute atomic E-state index is 0.234. The molecule has 3 nitrogen and oxygen atoms in total. The number of halogens is 1. The second kappa shape index (κ2) is 4.23. The molecule has 3 aromatic rings. The van der Waals surface area contributed by atoms with E-state index in [9.17, 15) is 4.39 Å². The maximum absolute atomic E-state index is 12.9. The van der Waals surface area contributed by atoms with Gasteiger partial charge >= 0.3 is 0 Å². The van der Waals surface area contributed by atoms with Crippen LogP contribution < -0.4 is 5.73 Å². The van der Waals surface area contributed by atoms with Gasteiger partial charge in [-0.15, -0.1) is 0 Å². The molecule has 0 saturated carbocycles. The standard InChI is InChI=1S/C14H12FN3/c15-11-5-3-10(4-6-11)12-2-1-7-18-13(12)9-17-14(18)8-16/h1-7,9H,8,16H2. The van der Waals surface area contributed by atoms with Crippen molar-refractivity contribution in [1.82, 2.24) is 9.38 Å². The molecule has 0 aliphatic carbocycles. The Balaban J connectivity index is 2.23. The molecule has 90 valence electrons. The number of benzene rings is 1. The molecule has 0 aliphatic rings. The molecule has 0 unspecified atom stereocenters. The van der Waals surface area contributed by atoms with Crippen molar-refractivity contribution in [2.24, 2.45) is 5.73 Å². The molecule has 0 amide bonds. The Bertz CT molecular complexity index is 686. The Morgan fingerprint density at radius 1 is 1.17 bits per heavy atom. The lowest BCUT2D eigenvalue weighted by Gasteiger charge is -2.05. The van der Waals surface area contributed by atoms with Crippen LogP contribution in [0.5, 0.6) is 0 Å². The Morgan fingerprint density at radius 3 is 2.67 bits per heavy atom. The number of imidazole rings is 1. The third-order valence-corrected chi connectivity index (χ3v) is 2.99. The molecular formula is C14H12FN3. The highest BCUT2D eigenvalue weighted by molar-refractivity contribution is 5.79. The van der Waals surface area contributed by atoms with Crippen molar-refractivity contribution in [2.75, 3.05) is 0 Å². The molecule has 0 bridgehead atoms. The molecule has 2 N–H and O–H groups in total. The molecule has 0 aliphatic heterocycles. The van der Waals surface area contributed by atoms with Crippen molar-refractivity contribution in [3.63, 3.8) is 0 Å².